The minimum atomic E-state index is -0.655. The van der Waals surface area contributed by atoms with Crippen LogP contribution in [0.2, 0.25) is 0 Å². The summed E-state index contributed by atoms with van der Waals surface area (Å²) in [4.78, 5) is 38.9. The van der Waals surface area contributed by atoms with Gasteiger partial charge in [-0.25, -0.2) is 4.79 Å². The number of methoxy groups -OCH3 is 2. The van der Waals surface area contributed by atoms with Crippen LogP contribution in [0.25, 0.3) is 22.5 Å². The van der Waals surface area contributed by atoms with Gasteiger partial charge in [-0.1, -0.05) is 23.8 Å². The number of hydrogen-bond donors (Lipinski definition) is 1. The molecular weight excluding hydrogens is 494 g/mol. The van der Waals surface area contributed by atoms with E-state index in [-0.39, 0.29) is 17.7 Å². The van der Waals surface area contributed by atoms with Crippen molar-refractivity contribution in [1.82, 2.24) is 9.78 Å². The zero-order valence-corrected chi connectivity index (χ0v) is 21.5. The van der Waals surface area contributed by atoms with Gasteiger partial charge in [0.05, 0.1) is 31.9 Å². The Labute approximate surface area is 216 Å². The SMILES string of the molecule is CCOC(=O)c1nn(-c2ccc(C)cc2)c(=O)c2c(NC(=O)/C=C/c3ccc(OC)c(OC)c3)scc12. The molecule has 0 aliphatic rings. The van der Waals surface area contributed by atoms with Gasteiger partial charge in [-0.3, -0.25) is 9.59 Å². The average Bonchev–Trinajstić information content (AvgIpc) is 3.32. The minimum Gasteiger partial charge on any atom is -0.493 e. The van der Waals surface area contributed by atoms with E-state index in [9.17, 15) is 14.4 Å². The van der Waals surface area contributed by atoms with Crippen LogP contribution in [0.1, 0.15) is 28.5 Å². The molecule has 2 aromatic heterocycles. The largest absolute Gasteiger partial charge is 0.493 e. The summed E-state index contributed by atoms with van der Waals surface area (Å²) in [5.41, 5.74) is 1.74. The molecular formula is C27H25N3O6S. The number of aromatic nitrogens is 2. The predicted molar refractivity (Wildman–Crippen MR) is 143 cm³/mol. The van der Waals surface area contributed by atoms with E-state index in [1.54, 1.807) is 55.8 Å². The van der Waals surface area contributed by atoms with Crippen LogP contribution in [-0.2, 0) is 9.53 Å². The van der Waals surface area contributed by atoms with Crippen LogP contribution in [0.4, 0.5) is 5.00 Å². The molecule has 1 N–H and O–H groups in total. The molecule has 0 aliphatic heterocycles. The highest BCUT2D eigenvalue weighted by Gasteiger charge is 2.23. The molecule has 0 aliphatic carbocycles. The lowest BCUT2D eigenvalue weighted by Gasteiger charge is -2.10. The molecule has 4 rings (SSSR count). The molecule has 9 nitrogen and oxygen atoms in total. The first-order valence-corrected chi connectivity index (χ1v) is 12.2. The Bertz CT molecular complexity index is 1550. The van der Waals surface area contributed by atoms with Crippen molar-refractivity contribution < 1.29 is 23.8 Å². The predicted octanol–water partition coefficient (Wildman–Crippen LogP) is 4.60. The minimum absolute atomic E-state index is 0.00496. The van der Waals surface area contributed by atoms with Crippen molar-refractivity contribution >= 4 is 45.1 Å². The molecule has 0 saturated carbocycles. The number of rotatable bonds is 8. The van der Waals surface area contributed by atoms with Crippen molar-refractivity contribution in [2.75, 3.05) is 26.1 Å². The van der Waals surface area contributed by atoms with Crippen molar-refractivity contribution in [2.45, 2.75) is 13.8 Å². The van der Waals surface area contributed by atoms with Crippen LogP contribution < -0.4 is 20.3 Å². The van der Waals surface area contributed by atoms with Gasteiger partial charge in [-0.2, -0.15) is 9.78 Å². The Morgan fingerprint density at radius 3 is 2.49 bits per heavy atom. The van der Waals surface area contributed by atoms with Crippen molar-refractivity contribution in [3.8, 4) is 17.2 Å². The van der Waals surface area contributed by atoms with E-state index in [0.717, 1.165) is 27.1 Å². The zero-order chi connectivity index (χ0) is 26.5. The lowest BCUT2D eigenvalue weighted by atomic mass is 10.2. The summed E-state index contributed by atoms with van der Waals surface area (Å²) in [7, 11) is 3.07. The normalized spacial score (nSPS) is 11.0. The van der Waals surface area contributed by atoms with Crippen LogP contribution in [-0.4, -0.2) is 42.5 Å². The first-order valence-electron chi connectivity index (χ1n) is 11.4. The monoisotopic (exact) mass is 519 g/mol. The van der Waals surface area contributed by atoms with Gasteiger partial charge in [0.15, 0.2) is 17.2 Å². The van der Waals surface area contributed by atoms with Crippen LogP contribution in [0.3, 0.4) is 0 Å². The highest BCUT2D eigenvalue weighted by Crippen LogP contribution is 2.31. The fourth-order valence-corrected chi connectivity index (χ4v) is 4.57. The molecule has 2 aromatic carbocycles. The van der Waals surface area contributed by atoms with E-state index in [4.69, 9.17) is 14.2 Å². The highest BCUT2D eigenvalue weighted by molar-refractivity contribution is 7.16. The van der Waals surface area contributed by atoms with E-state index < -0.39 is 17.4 Å². The summed E-state index contributed by atoms with van der Waals surface area (Å²) >= 11 is 1.13. The molecule has 10 heteroatoms. The maximum Gasteiger partial charge on any atom is 0.359 e. The van der Waals surface area contributed by atoms with Crippen molar-refractivity contribution in [1.29, 1.82) is 0 Å². The Morgan fingerprint density at radius 1 is 1.08 bits per heavy atom. The summed E-state index contributed by atoms with van der Waals surface area (Å²) in [6, 6.07) is 12.4. The standard InChI is InChI=1S/C27H25N3O6S/c1-5-36-27(33)24-19-15-37-25(23(19)26(32)30(29-24)18-10-6-16(2)7-11-18)28-22(31)13-9-17-8-12-20(34-3)21(14-17)35-4/h6-15H,5H2,1-4H3,(H,28,31)/b13-9+. The van der Waals surface area contributed by atoms with E-state index in [0.29, 0.717) is 27.6 Å². The molecule has 0 bridgehead atoms. The Hall–Kier alpha value is -4.44. The smallest absolute Gasteiger partial charge is 0.359 e. The molecule has 2 heterocycles. The number of aryl methyl sites for hydroxylation is 1. The van der Waals surface area contributed by atoms with E-state index >= 15 is 0 Å². The zero-order valence-electron chi connectivity index (χ0n) is 20.7. The number of ether oxygens (including phenoxy) is 3. The maximum atomic E-state index is 13.5. The summed E-state index contributed by atoms with van der Waals surface area (Å²) in [6.45, 7) is 3.77. The molecule has 0 radical (unpaired) electrons. The third-order valence-electron chi connectivity index (χ3n) is 5.47. The number of esters is 1. The van der Waals surface area contributed by atoms with Gasteiger partial charge in [-0.15, -0.1) is 11.3 Å². The molecule has 190 valence electrons. The summed E-state index contributed by atoms with van der Waals surface area (Å²) in [5.74, 6) is 0.00157. The first-order chi connectivity index (χ1) is 17.9. The third kappa shape index (κ3) is 5.39. The number of benzene rings is 2. The Kier molecular flexibility index (Phi) is 7.69. The second-order valence-corrected chi connectivity index (χ2v) is 8.79. The molecule has 37 heavy (non-hydrogen) atoms. The van der Waals surface area contributed by atoms with Gasteiger partial charge in [0.25, 0.3) is 5.56 Å². The third-order valence-corrected chi connectivity index (χ3v) is 6.37. The number of hydrogen-bond acceptors (Lipinski definition) is 8. The number of fused-ring (bicyclic) bond motifs is 1. The Morgan fingerprint density at radius 2 is 1.81 bits per heavy atom. The van der Waals surface area contributed by atoms with E-state index in [1.807, 2.05) is 19.1 Å². The van der Waals surface area contributed by atoms with Crippen LogP contribution in [0.5, 0.6) is 11.5 Å². The first kappa shape index (κ1) is 25.6. The second kappa shape index (κ2) is 11.1. The van der Waals surface area contributed by atoms with E-state index in [1.165, 1.54) is 13.2 Å². The van der Waals surface area contributed by atoms with Crippen LogP contribution in [0, 0.1) is 6.92 Å². The number of amides is 1. The average molecular weight is 520 g/mol. The number of carbonyl (C=O) groups excluding carboxylic acids is 2. The number of nitrogens with one attached hydrogen (secondary N) is 1. The Balaban J connectivity index is 1.72. The molecule has 4 aromatic rings. The number of anilines is 1. The van der Waals surface area contributed by atoms with Crippen LogP contribution >= 0.6 is 11.3 Å². The topological polar surface area (TPSA) is 109 Å². The van der Waals surface area contributed by atoms with Crippen molar-refractivity contribution in [3.63, 3.8) is 0 Å². The molecule has 0 spiro atoms. The lowest BCUT2D eigenvalue weighted by Crippen LogP contribution is -2.25. The molecule has 0 saturated heterocycles. The lowest BCUT2D eigenvalue weighted by molar-refractivity contribution is -0.111. The fraction of sp³-hybridized carbons (Fsp3) is 0.185. The fourth-order valence-electron chi connectivity index (χ4n) is 3.63. The number of nitrogens with zero attached hydrogens (tertiary/aromatic N) is 2. The quantitative estimate of drug-likeness (QED) is 0.268. The van der Waals surface area contributed by atoms with Gasteiger partial charge in [0.1, 0.15) is 5.00 Å². The summed E-state index contributed by atoms with van der Waals surface area (Å²) in [5, 5.41) is 9.47. The maximum absolute atomic E-state index is 13.5. The van der Waals surface area contributed by atoms with Crippen LogP contribution in [0.15, 0.2) is 58.7 Å². The summed E-state index contributed by atoms with van der Waals surface area (Å²) < 4.78 is 16.8. The van der Waals surface area contributed by atoms with Gasteiger partial charge in [-0.05, 0) is 49.8 Å². The van der Waals surface area contributed by atoms with Gasteiger partial charge in [0.2, 0.25) is 5.91 Å². The van der Waals surface area contributed by atoms with Crippen molar-refractivity contribution in [3.05, 3.63) is 81.1 Å². The number of thiophene rings is 1. The van der Waals surface area contributed by atoms with Crippen molar-refractivity contribution in [2.24, 2.45) is 0 Å². The van der Waals surface area contributed by atoms with E-state index in [2.05, 4.69) is 10.4 Å². The summed E-state index contributed by atoms with van der Waals surface area (Å²) in [6.07, 6.45) is 2.96. The molecule has 0 fully saturated rings. The molecule has 0 unspecified atom stereocenters. The second-order valence-electron chi connectivity index (χ2n) is 7.91. The molecule has 1 amide bonds. The highest BCUT2D eigenvalue weighted by atomic mass is 32.1. The van der Waals surface area contributed by atoms with Gasteiger partial charge in [0, 0.05) is 16.8 Å². The van der Waals surface area contributed by atoms with Gasteiger partial charge < -0.3 is 19.5 Å². The van der Waals surface area contributed by atoms with Gasteiger partial charge >= 0.3 is 5.97 Å². The molecule has 0 atom stereocenters. The number of carbonyl (C=O) groups is 2.